The van der Waals surface area contributed by atoms with Gasteiger partial charge in [-0.2, -0.15) is 0 Å². The van der Waals surface area contributed by atoms with E-state index in [-0.39, 0.29) is 17.1 Å². The molecular formula is C23H29FN4O. The molecule has 1 amide bonds. The normalized spacial score (nSPS) is 14.9. The van der Waals surface area contributed by atoms with Crippen LogP contribution in [0.15, 0.2) is 53.5 Å². The van der Waals surface area contributed by atoms with Gasteiger partial charge in [-0.1, -0.05) is 37.3 Å². The molecule has 0 aromatic heterocycles. The number of nitrogens with one attached hydrogen (secondary N) is 3. The molecule has 1 aliphatic carbocycles. The van der Waals surface area contributed by atoms with Gasteiger partial charge in [-0.15, -0.1) is 0 Å². The Labute approximate surface area is 171 Å². The van der Waals surface area contributed by atoms with Gasteiger partial charge in [-0.3, -0.25) is 9.79 Å². The average molecular weight is 397 g/mol. The van der Waals surface area contributed by atoms with Crippen molar-refractivity contribution >= 4 is 11.9 Å². The Morgan fingerprint density at radius 2 is 1.90 bits per heavy atom. The minimum atomic E-state index is -0.153. The third kappa shape index (κ3) is 5.34. The monoisotopic (exact) mass is 396 g/mol. The molecule has 5 nitrogen and oxygen atoms in total. The highest BCUT2D eigenvalue weighted by atomic mass is 19.1. The van der Waals surface area contributed by atoms with E-state index in [0.717, 1.165) is 30.4 Å². The fraction of sp³-hybridized carbons (Fsp3) is 0.391. The number of hydrogen-bond acceptors (Lipinski definition) is 2. The van der Waals surface area contributed by atoms with E-state index in [0.29, 0.717) is 31.2 Å². The standard InChI is InChI=1S/C23H29FN4O/c1-3-13-26-21(29)18-8-6-7-17(14-18)15-27-22(25-2)28-16-23(11-12-23)19-9-4-5-10-20(19)24/h4-10,14H,3,11-13,15-16H2,1-2H3,(H,26,29)(H2,25,27,28). The molecule has 6 heteroatoms. The number of amides is 1. The van der Waals surface area contributed by atoms with Gasteiger partial charge in [0.2, 0.25) is 0 Å². The number of carbonyl (C=O) groups is 1. The fourth-order valence-electron chi connectivity index (χ4n) is 3.41. The number of hydrogen-bond donors (Lipinski definition) is 3. The Balaban J connectivity index is 1.55. The predicted octanol–water partition coefficient (Wildman–Crippen LogP) is 3.36. The van der Waals surface area contributed by atoms with Gasteiger partial charge in [-0.25, -0.2) is 4.39 Å². The van der Waals surface area contributed by atoms with Crippen LogP contribution in [0.3, 0.4) is 0 Å². The van der Waals surface area contributed by atoms with Crippen LogP contribution in [0.1, 0.15) is 47.7 Å². The highest BCUT2D eigenvalue weighted by molar-refractivity contribution is 5.94. The number of guanidine groups is 1. The molecule has 3 rings (SSSR count). The summed E-state index contributed by atoms with van der Waals surface area (Å²) < 4.78 is 14.2. The summed E-state index contributed by atoms with van der Waals surface area (Å²) in [5.41, 5.74) is 2.26. The highest BCUT2D eigenvalue weighted by Crippen LogP contribution is 2.48. The molecule has 2 aromatic rings. The van der Waals surface area contributed by atoms with Crippen molar-refractivity contribution in [2.24, 2.45) is 4.99 Å². The van der Waals surface area contributed by atoms with E-state index in [1.807, 2.05) is 43.3 Å². The van der Waals surface area contributed by atoms with Crippen molar-refractivity contribution in [3.05, 3.63) is 71.0 Å². The number of nitrogens with zero attached hydrogens (tertiary/aromatic N) is 1. The van der Waals surface area contributed by atoms with Gasteiger partial charge >= 0.3 is 0 Å². The average Bonchev–Trinajstić information content (AvgIpc) is 3.53. The van der Waals surface area contributed by atoms with Crippen LogP contribution in [-0.4, -0.2) is 32.0 Å². The van der Waals surface area contributed by atoms with Gasteiger partial charge in [0.05, 0.1) is 0 Å². The number of benzene rings is 2. The largest absolute Gasteiger partial charge is 0.356 e. The molecule has 0 spiro atoms. The third-order valence-electron chi connectivity index (χ3n) is 5.30. The SMILES string of the molecule is CCCNC(=O)c1cccc(CNC(=NC)NCC2(c3ccccc3F)CC2)c1. The molecule has 0 radical (unpaired) electrons. The lowest BCUT2D eigenvalue weighted by Gasteiger charge is -2.19. The number of aliphatic imine (C=N–C) groups is 1. The summed E-state index contributed by atoms with van der Waals surface area (Å²) in [4.78, 5) is 16.4. The van der Waals surface area contributed by atoms with Gasteiger partial charge in [0, 0.05) is 37.7 Å². The van der Waals surface area contributed by atoms with Crippen molar-refractivity contribution in [2.45, 2.75) is 38.1 Å². The van der Waals surface area contributed by atoms with Crippen LogP contribution in [-0.2, 0) is 12.0 Å². The lowest BCUT2D eigenvalue weighted by Crippen LogP contribution is -2.41. The van der Waals surface area contributed by atoms with Gasteiger partial charge in [0.25, 0.3) is 5.91 Å². The molecule has 0 heterocycles. The fourth-order valence-corrected chi connectivity index (χ4v) is 3.41. The molecule has 0 bridgehead atoms. The maximum absolute atomic E-state index is 14.2. The lowest BCUT2D eigenvalue weighted by atomic mass is 9.95. The minimum Gasteiger partial charge on any atom is -0.356 e. The minimum absolute atomic E-state index is 0.0585. The molecule has 154 valence electrons. The molecule has 1 saturated carbocycles. The Morgan fingerprint density at radius 3 is 2.59 bits per heavy atom. The molecule has 3 N–H and O–H groups in total. The highest BCUT2D eigenvalue weighted by Gasteiger charge is 2.45. The predicted molar refractivity (Wildman–Crippen MR) is 115 cm³/mol. The summed E-state index contributed by atoms with van der Waals surface area (Å²) in [6, 6.07) is 14.5. The number of carbonyl (C=O) groups excluding carboxylic acids is 1. The van der Waals surface area contributed by atoms with Crippen LogP contribution in [0.4, 0.5) is 4.39 Å². The zero-order chi connectivity index (χ0) is 20.7. The van der Waals surface area contributed by atoms with Crippen molar-refractivity contribution in [2.75, 3.05) is 20.1 Å². The first-order chi connectivity index (χ1) is 14.1. The van der Waals surface area contributed by atoms with E-state index < -0.39 is 0 Å². The summed E-state index contributed by atoms with van der Waals surface area (Å²) >= 11 is 0. The first-order valence-corrected chi connectivity index (χ1v) is 10.1. The molecule has 2 aromatic carbocycles. The van der Waals surface area contributed by atoms with Crippen LogP contribution in [0.25, 0.3) is 0 Å². The van der Waals surface area contributed by atoms with Crippen LogP contribution in [0, 0.1) is 5.82 Å². The van der Waals surface area contributed by atoms with Gasteiger partial charge in [0.15, 0.2) is 5.96 Å². The molecule has 0 atom stereocenters. The molecule has 0 unspecified atom stereocenters. The molecule has 0 saturated heterocycles. The van der Waals surface area contributed by atoms with E-state index in [4.69, 9.17) is 0 Å². The van der Waals surface area contributed by atoms with Crippen molar-refractivity contribution in [1.29, 1.82) is 0 Å². The Morgan fingerprint density at radius 1 is 1.10 bits per heavy atom. The molecule has 0 aliphatic heterocycles. The number of halogens is 1. The van der Waals surface area contributed by atoms with E-state index in [1.165, 1.54) is 6.07 Å². The third-order valence-corrected chi connectivity index (χ3v) is 5.30. The van der Waals surface area contributed by atoms with E-state index in [9.17, 15) is 9.18 Å². The van der Waals surface area contributed by atoms with E-state index in [1.54, 1.807) is 13.1 Å². The second kappa shape index (κ2) is 9.54. The summed E-state index contributed by atoms with van der Waals surface area (Å²) in [5, 5.41) is 9.49. The van der Waals surface area contributed by atoms with Crippen molar-refractivity contribution in [1.82, 2.24) is 16.0 Å². The summed E-state index contributed by atoms with van der Waals surface area (Å²) in [6.45, 7) is 3.87. The van der Waals surface area contributed by atoms with Crippen LogP contribution >= 0.6 is 0 Å². The maximum atomic E-state index is 14.2. The van der Waals surface area contributed by atoms with Gasteiger partial charge in [-0.05, 0) is 48.6 Å². The van der Waals surface area contributed by atoms with E-state index in [2.05, 4.69) is 20.9 Å². The summed E-state index contributed by atoms with van der Waals surface area (Å²) in [5.74, 6) is 0.457. The topological polar surface area (TPSA) is 65.5 Å². The summed E-state index contributed by atoms with van der Waals surface area (Å²) in [6.07, 6.45) is 2.84. The second-order valence-corrected chi connectivity index (χ2v) is 7.50. The molecule has 1 fully saturated rings. The smallest absolute Gasteiger partial charge is 0.251 e. The Bertz CT molecular complexity index is 877. The zero-order valence-electron chi connectivity index (χ0n) is 17.1. The van der Waals surface area contributed by atoms with Crippen molar-refractivity contribution in [3.63, 3.8) is 0 Å². The summed E-state index contributed by atoms with van der Waals surface area (Å²) in [7, 11) is 1.71. The molecular weight excluding hydrogens is 367 g/mol. The molecule has 1 aliphatic rings. The van der Waals surface area contributed by atoms with Crippen LogP contribution < -0.4 is 16.0 Å². The van der Waals surface area contributed by atoms with Gasteiger partial charge in [0.1, 0.15) is 5.82 Å². The van der Waals surface area contributed by atoms with Gasteiger partial charge < -0.3 is 16.0 Å². The van der Waals surface area contributed by atoms with Crippen molar-refractivity contribution in [3.8, 4) is 0 Å². The molecule has 29 heavy (non-hydrogen) atoms. The van der Waals surface area contributed by atoms with Crippen LogP contribution in [0.2, 0.25) is 0 Å². The van der Waals surface area contributed by atoms with Crippen LogP contribution in [0.5, 0.6) is 0 Å². The first-order valence-electron chi connectivity index (χ1n) is 10.1. The van der Waals surface area contributed by atoms with Crippen molar-refractivity contribution < 1.29 is 9.18 Å². The Kier molecular flexibility index (Phi) is 6.86. The quantitative estimate of drug-likeness (QED) is 0.474. The van der Waals surface area contributed by atoms with E-state index >= 15 is 0 Å². The lowest BCUT2D eigenvalue weighted by molar-refractivity contribution is 0.0953. The maximum Gasteiger partial charge on any atom is 0.251 e. The Hall–Kier alpha value is -2.89. The first kappa shape index (κ1) is 20.8. The zero-order valence-corrected chi connectivity index (χ0v) is 17.1. The number of rotatable bonds is 8. The second-order valence-electron chi connectivity index (χ2n) is 7.50.